The molecule has 3 heterocycles. The molecule has 0 aromatic heterocycles. The van der Waals surface area contributed by atoms with Gasteiger partial charge in [-0.2, -0.15) is 0 Å². The van der Waals surface area contributed by atoms with Gasteiger partial charge in [0.15, 0.2) is 0 Å². The first-order chi connectivity index (χ1) is 33.8. The van der Waals surface area contributed by atoms with Crippen LogP contribution in [0.15, 0.2) is 212 Å². The molecule has 0 radical (unpaired) electrons. The van der Waals surface area contributed by atoms with Crippen LogP contribution < -0.4 is 24.5 Å². The number of para-hydroxylation sites is 10. The minimum absolute atomic E-state index is 0.0479. The average molecular weight is 910 g/mol. The Morgan fingerprint density at radius 1 is 0.257 bits per heavy atom. The van der Waals surface area contributed by atoms with Gasteiger partial charge in [-0.15, -0.1) is 0 Å². The molecule has 344 valence electrons. The van der Waals surface area contributed by atoms with Gasteiger partial charge in [-0.25, -0.2) is 0 Å². The second-order valence-electron chi connectivity index (χ2n) is 21.6. The van der Waals surface area contributed by atoms with Crippen LogP contribution in [0.25, 0.3) is 0 Å². The molecule has 0 unspecified atom stereocenters. The van der Waals surface area contributed by atoms with Crippen LogP contribution in [-0.4, -0.2) is 0 Å². The molecule has 0 aliphatic carbocycles. The molecule has 0 saturated carbocycles. The van der Waals surface area contributed by atoms with E-state index >= 15 is 0 Å². The Labute approximate surface area is 414 Å². The molecule has 12 rings (SSSR count). The molecular weight excluding hydrogens is 851 g/mol. The van der Waals surface area contributed by atoms with E-state index < -0.39 is 0 Å². The molecule has 0 atom stereocenters. The van der Waals surface area contributed by atoms with Crippen molar-refractivity contribution in [2.24, 2.45) is 0 Å². The first-order valence-corrected chi connectivity index (χ1v) is 24.7. The first kappa shape index (κ1) is 43.3. The number of anilines is 15. The van der Waals surface area contributed by atoms with Crippen molar-refractivity contribution in [3.63, 3.8) is 0 Å². The van der Waals surface area contributed by atoms with Crippen LogP contribution in [0.3, 0.4) is 0 Å². The van der Waals surface area contributed by atoms with E-state index in [1.54, 1.807) is 0 Å². The number of rotatable bonds is 5. The normalized spacial score (nSPS) is 14.5. The fourth-order valence-corrected chi connectivity index (χ4v) is 11.1. The smallest absolute Gasteiger partial charge is 0.0703 e. The molecule has 0 bridgehead atoms. The van der Waals surface area contributed by atoms with Crippen molar-refractivity contribution < 1.29 is 0 Å². The van der Waals surface area contributed by atoms with Crippen molar-refractivity contribution in [2.75, 3.05) is 24.5 Å². The van der Waals surface area contributed by atoms with E-state index in [0.717, 1.165) is 73.9 Å². The third-order valence-corrected chi connectivity index (χ3v) is 14.7. The predicted octanol–water partition coefficient (Wildman–Crippen LogP) is 18.9. The van der Waals surface area contributed by atoms with Gasteiger partial charge in [0.25, 0.3) is 0 Å². The van der Waals surface area contributed by atoms with Gasteiger partial charge in [0.2, 0.25) is 0 Å². The van der Waals surface area contributed by atoms with E-state index in [9.17, 15) is 0 Å². The van der Waals surface area contributed by atoms with Gasteiger partial charge in [0, 0.05) is 16.8 Å². The molecule has 3 aliphatic heterocycles. The second kappa shape index (κ2) is 16.0. The summed E-state index contributed by atoms with van der Waals surface area (Å²) in [5.41, 5.74) is 21.8. The summed E-state index contributed by atoms with van der Waals surface area (Å²) in [4.78, 5) is 12.3. The SMILES string of the molecule is CC(C)(C)c1ccc(N2c3ccccc3N(c3cc(N4c5ccccc5N(c5ccc(C(C)(C)C)cc5)c5ccccc54)cc(N4c5ccccc5C(C)(C)c5ccccc54)c3)c3ccccc32)cc1. The summed E-state index contributed by atoms with van der Waals surface area (Å²) in [6.07, 6.45) is 0. The summed E-state index contributed by atoms with van der Waals surface area (Å²) in [5, 5.41) is 0. The molecule has 5 heteroatoms. The van der Waals surface area contributed by atoms with E-state index in [0.29, 0.717) is 0 Å². The molecule has 0 saturated heterocycles. The molecule has 0 N–H and O–H groups in total. The van der Waals surface area contributed by atoms with Crippen molar-refractivity contribution in [1.29, 1.82) is 0 Å². The lowest BCUT2D eigenvalue weighted by Gasteiger charge is -2.44. The van der Waals surface area contributed by atoms with Crippen LogP contribution in [0.1, 0.15) is 77.6 Å². The van der Waals surface area contributed by atoms with Crippen LogP contribution in [0.5, 0.6) is 0 Å². The van der Waals surface area contributed by atoms with Crippen LogP contribution in [0, 0.1) is 0 Å². The quantitative estimate of drug-likeness (QED) is 0.171. The Morgan fingerprint density at radius 3 is 0.729 bits per heavy atom. The third-order valence-electron chi connectivity index (χ3n) is 14.7. The molecule has 0 spiro atoms. The largest absolute Gasteiger partial charge is 0.310 e. The number of hydrogen-bond acceptors (Lipinski definition) is 5. The van der Waals surface area contributed by atoms with E-state index in [4.69, 9.17) is 0 Å². The topological polar surface area (TPSA) is 16.2 Å². The maximum Gasteiger partial charge on any atom is 0.0703 e. The summed E-state index contributed by atoms with van der Waals surface area (Å²) in [5.74, 6) is 0. The zero-order valence-corrected chi connectivity index (χ0v) is 41.4. The van der Waals surface area contributed by atoms with Gasteiger partial charge in [-0.1, -0.05) is 165 Å². The Hall–Kier alpha value is -8.02. The lowest BCUT2D eigenvalue weighted by Crippen LogP contribution is -2.31. The third kappa shape index (κ3) is 6.89. The Morgan fingerprint density at radius 2 is 0.471 bits per heavy atom. The van der Waals surface area contributed by atoms with Crippen molar-refractivity contribution in [3.05, 3.63) is 235 Å². The molecule has 5 nitrogen and oxygen atoms in total. The average Bonchev–Trinajstić information content (AvgIpc) is 3.36. The van der Waals surface area contributed by atoms with Gasteiger partial charge in [-0.3, -0.25) is 0 Å². The van der Waals surface area contributed by atoms with Crippen molar-refractivity contribution in [1.82, 2.24) is 0 Å². The minimum Gasteiger partial charge on any atom is -0.310 e. The fraction of sp³-hybridized carbons (Fsp3) is 0.169. The number of benzene rings is 9. The van der Waals surface area contributed by atoms with E-state index in [-0.39, 0.29) is 16.2 Å². The molecule has 0 amide bonds. The van der Waals surface area contributed by atoms with Crippen LogP contribution >= 0.6 is 0 Å². The van der Waals surface area contributed by atoms with Gasteiger partial charge in [0.1, 0.15) is 0 Å². The van der Waals surface area contributed by atoms with E-state index in [1.165, 1.54) is 33.6 Å². The van der Waals surface area contributed by atoms with Crippen molar-refractivity contribution in [2.45, 2.75) is 71.6 Å². The monoisotopic (exact) mass is 909 g/mol. The van der Waals surface area contributed by atoms with Crippen LogP contribution in [0.2, 0.25) is 0 Å². The summed E-state index contributed by atoms with van der Waals surface area (Å²) in [7, 11) is 0. The number of nitrogens with zero attached hydrogens (tertiary/aromatic N) is 5. The Balaban J connectivity index is 1.11. The standard InChI is InChI=1S/C65H59N5/c1-63(2,3)44-33-37-46(38-34-44)66-55-25-13-17-29-59(55)69(60-30-18-14-26-56(60)66)49-41-48(68-53-23-11-9-21-51(53)65(7,8)52-22-10-12-24-54(52)68)42-50(43-49)70-61-31-19-15-27-57(61)67(58-28-16-20-32-62(58)70)47-39-35-45(36-40-47)64(4,5)6/h9-43H,1-8H3. The highest BCUT2D eigenvalue weighted by atomic mass is 15.3. The number of hydrogen-bond donors (Lipinski definition) is 0. The van der Waals surface area contributed by atoms with E-state index in [1.807, 2.05) is 0 Å². The predicted molar refractivity (Wildman–Crippen MR) is 297 cm³/mol. The molecule has 9 aromatic rings. The molecule has 70 heavy (non-hydrogen) atoms. The highest BCUT2D eigenvalue weighted by Crippen LogP contribution is 2.60. The molecule has 0 fully saturated rings. The van der Waals surface area contributed by atoms with Crippen LogP contribution in [-0.2, 0) is 16.2 Å². The zero-order chi connectivity index (χ0) is 48.1. The van der Waals surface area contributed by atoms with E-state index in [2.05, 4.69) is 292 Å². The summed E-state index contributed by atoms with van der Waals surface area (Å²) in [6, 6.07) is 78.9. The summed E-state index contributed by atoms with van der Waals surface area (Å²) in [6.45, 7) is 18.4. The summed E-state index contributed by atoms with van der Waals surface area (Å²) < 4.78 is 0. The van der Waals surface area contributed by atoms with Crippen molar-refractivity contribution >= 4 is 85.3 Å². The van der Waals surface area contributed by atoms with Gasteiger partial charge >= 0.3 is 0 Å². The van der Waals surface area contributed by atoms with Crippen molar-refractivity contribution in [3.8, 4) is 0 Å². The van der Waals surface area contributed by atoms with Gasteiger partial charge < -0.3 is 24.5 Å². The Bertz CT molecular complexity index is 3140. The minimum atomic E-state index is -0.206. The number of fused-ring (bicyclic) bond motifs is 6. The summed E-state index contributed by atoms with van der Waals surface area (Å²) >= 11 is 0. The lowest BCUT2D eigenvalue weighted by atomic mass is 9.73. The molecular formula is C65H59N5. The highest BCUT2D eigenvalue weighted by molar-refractivity contribution is 6.05. The van der Waals surface area contributed by atoms with Gasteiger partial charge in [0.05, 0.1) is 73.9 Å². The maximum absolute atomic E-state index is 2.50. The molecule has 3 aliphatic rings. The first-order valence-electron chi connectivity index (χ1n) is 24.7. The Kier molecular flexibility index (Phi) is 9.91. The van der Waals surface area contributed by atoms with Gasteiger partial charge in [-0.05, 0) is 136 Å². The zero-order valence-electron chi connectivity index (χ0n) is 41.4. The highest BCUT2D eigenvalue weighted by Gasteiger charge is 2.39. The molecule has 9 aromatic carbocycles. The fourth-order valence-electron chi connectivity index (χ4n) is 11.1. The van der Waals surface area contributed by atoms with Crippen LogP contribution in [0.4, 0.5) is 85.3 Å². The second-order valence-corrected chi connectivity index (χ2v) is 21.6. The lowest BCUT2D eigenvalue weighted by molar-refractivity contribution is 0.590. The maximum atomic E-state index is 2.50.